The van der Waals surface area contributed by atoms with Crippen LogP contribution in [-0.4, -0.2) is 21.4 Å². The number of nitrogens with zero attached hydrogens (tertiary/aromatic N) is 1. The van der Waals surface area contributed by atoms with Gasteiger partial charge < -0.3 is 4.74 Å². The number of hydrogen-bond donors (Lipinski definition) is 1. The maximum Gasteiger partial charge on any atom is 0.264 e. The molecule has 1 aliphatic heterocycles. The number of amidine groups is 1. The van der Waals surface area contributed by atoms with E-state index >= 15 is 0 Å². The summed E-state index contributed by atoms with van der Waals surface area (Å²) in [6.45, 7) is 4.21. The van der Waals surface area contributed by atoms with Gasteiger partial charge in [0.05, 0.1) is 13.7 Å². The minimum atomic E-state index is -3.61. The molecule has 1 aliphatic rings. The highest BCUT2D eigenvalue weighted by Crippen LogP contribution is 2.30. The molecule has 25 heavy (non-hydrogen) atoms. The van der Waals surface area contributed by atoms with E-state index < -0.39 is 10.0 Å². The van der Waals surface area contributed by atoms with Crippen molar-refractivity contribution < 1.29 is 13.2 Å². The molecule has 0 saturated carbocycles. The summed E-state index contributed by atoms with van der Waals surface area (Å²) in [5, 5.41) is 0. The van der Waals surface area contributed by atoms with Gasteiger partial charge in [-0.25, -0.2) is 8.42 Å². The fourth-order valence-corrected chi connectivity index (χ4v) is 4.21. The molecule has 1 N–H and O–H groups in total. The monoisotopic (exact) mass is 356 g/mol. The lowest BCUT2D eigenvalue weighted by Crippen LogP contribution is -2.23. The summed E-state index contributed by atoms with van der Waals surface area (Å²) in [5.41, 5.74) is 3.45. The van der Waals surface area contributed by atoms with E-state index in [1.165, 1.54) is 5.56 Å². The van der Waals surface area contributed by atoms with Gasteiger partial charge in [-0.2, -0.15) is 0 Å². The Labute approximate surface area is 148 Å². The van der Waals surface area contributed by atoms with E-state index in [1.54, 1.807) is 38.3 Å². The fourth-order valence-electron chi connectivity index (χ4n) is 2.69. The van der Waals surface area contributed by atoms with Crippen LogP contribution < -0.4 is 9.46 Å². The highest BCUT2D eigenvalue weighted by Gasteiger charge is 2.32. The van der Waals surface area contributed by atoms with E-state index in [9.17, 15) is 8.42 Å². The molecule has 2 aromatic carbocycles. The van der Waals surface area contributed by atoms with Crippen molar-refractivity contribution in [2.45, 2.75) is 20.4 Å². The summed E-state index contributed by atoms with van der Waals surface area (Å²) in [5.74, 6) is 1.07. The van der Waals surface area contributed by atoms with Crippen LogP contribution in [0.2, 0.25) is 0 Å². The van der Waals surface area contributed by atoms with Gasteiger partial charge in [-0.3, -0.25) is 9.71 Å². The maximum atomic E-state index is 12.5. The van der Waals surface area contributed by atoms with Crippen molar-refractivity contribution in [1.82, 2.24) is 4.72 Å². The molecule has 3 rings (SSSR count). The van der Waals surface area contributed by atoms with E-state index in [2.05, 4.69) is 9.71 Å². The summed E-state index contributed by atoms with van der Waals surface area (Å²) in [7, 11) is -2.04. The van der Waals surface area contributed by atoms with Gasteiger partial charge in [-0.1, -0.05) is 29.8 Å². The summed E-state index contributed by atoms with van der Waals surface area (Å²) in [4.78, 5) is 4.71. The van der Waals surface area contributed by atoms with Gasteiger partial charge in [0, 0.05) is 5.57 Å². The topological polar surface area (TPSA) is 67.8 Å². The standard InChI is InChI=1S/C19H20N2O3S/c1-13-4-6-15(7-5-13)12-20-19-14(2)18(25(22,23)21-19)16-8-10-17(24-3)11-9-16/h4-11H,12H2,1-3H3,(H,20,21). The normalized spacial score (nSPS) is 17.6. The first-order chi connectivity index (χ1) is 11.9. The molecule has 0 amide bonds. The highest BCUT2D eigenvalue weighted by molar-refractivity contribution is 8.00. The Kier molecular flexibility index (Phi) is 4.63. The van der Waals surface area contributed by atoms with Gasteiger partial charge in [0.25, 0.3) is 10.0 Å². The van der Waals surface area contributed by atoms with Crippen molar-refractivity contribution in [2.75, 3.05) is 7.11 Å². The second-order valence-corrected chi connectivity index (χ2v) is 7.56. The molecule has 0 atom stereocenters. The Morgan fingerprint density at radius 1 is 1.00 bits per heavy atom. The summed E-state index contributed by atoms with van der Waals surface area (Å²) < 4.78 is 32.7. The van der Waals surface area contributed by atoms with Gasteiger partial charge in [0.15, 0.2) is 0 Å². The van der Waals surface area contributed by atoms with Crippen LogP contribution in [0.15, 0.2) is 59.1 Å². The molecule has 0 radical (unpaired) electrons. The number of hydrogen-bond acceptors (Lipinski definition) is 4. The number of nitrogens with one attached hydrogen (secondary N) is 1. The third kappa shape index (κ3) is 3.58. The molecule has 0 unspecified atom stereocenters. The molecule has 0 spiro atoms. The number of rotatable bonds is 4. The maximum absolute atomic E-state index is 12.5. The third-order valence-electron chi connectivity index (χ3n) is 4.09. The lowest BCUT2D eigenvalue weighted by atomic mass is 10.1. The molecule has 0 bridgehead atoms. The fraction of sp³-hybridized carbons (Fsp3) is 0.211. The van der Waals surface area contributed by atoms with Crippen LogP contribution in [0.25, 0.3) is 4.91 Å². The van der Waals surface area contributed by atoms with Gasteiger partial charge in [0.1, 0.15) is 16.5 Å². The first kappa shape index (κ1) is 17.2. The van der Waals surface area contributed by atoms with E-state index in [1.807, 2.05) is 31.2 Å². The van der Waals surface area contributed by atoms with Gasteiger partial charge in [0.2, 0.25) is 0 Å². The summed E-state index contributed by atoms with van der Waals surface area (Å²) in [6, 6.07) is 15.0. The van der Waals surface area contributed by atoms with Gasteiger partial charge in [-0.05, 0) is 49.2 Å². The largest absolute Gasteiger partial charge is 0.497 e. The lowest BCUT2D eigenvalue weighted by Gasteiger charge is -2.04. The minimum absolute atomic E-state index is 0.262. The van der Waals surface area contributed by atoms with Crippen LogP contribution in [0.1, 0.15) is 23.6 Å². The minimum Gasteiger partial charge on any atom is -0.497 e. The first-order valence-electron chi connectivity index (χ1n) is 7.89. The molecule has 0 aliphatic carbocycles. The average molecular weight is 356 g/mol. The quantitative estimate of drug-likeness (QED) is 0.914. The predicted octanol–water partition coefficient (Wildman–Crippen LogP) is 3.27. The van der Waals surface area contributed by atoms with Crippen molar-refractivity contribution >= 4 is 20.8 Å². The number of aryl methyl sites for hydroxylation is 1. The molecule has 2 aromatic rings. The molecule has 6 heteroatoms. The summed E-state index contributed by atoms with van der Waals surface area (Å²) in [6.07, 6.45) is 0. The van der Waals surface area contributed by atoms with Crippen molar-refractivity contribution in [3.63, 3.8) is 0 Å². The molecular formula is C19H20N2O3S. The Balaban J connectivity index is 1.93. The number of benzene rings is 2. The highest BCUT2D eigenvalue weighted by atomic mass is 32.2. The zero-order valence-electron chi connectivity index (χ0n) is 14.4. The van der Waals surface area contributed by atoms with Crippen LogP contribution in [0.4, 0.5) is 0 Å². The zero-order chi connectivity index (χ0) is 18.0. The van der Waals surface area contributed by atoms with E-state index in [4.69, 9.17) is 4.74 Å². The van der Waals surface area contributed by atoms with Crippen molar-refractivity contribution in [1.29, 1.82) is 0 Å². The Bertz CT molecular complexity index is 941. The van der Waals surface area contributed by atoms with Crippen LogP contribution in [0.3, 0.4) is 0 Å². The van der Waals surface area contributed by atoms with Gasteiger partial charge in [-0.15, -0.1) is 0 Å². The average Bonchev–Trinajstić information content (AvgIpc) is 2.83. The van der Waals surface area contributed by atoms with Crippen molar-refractivity contribution in [3.05, 3.63) is 70.8 Å². The molecule has 1 heterocycles. The third-order valence-corrected chi connectivity index (χ3v) is 5.63. The van der Waals surface area contributed by atoms with Crippen LogP contribution in [0, 0.1) is 6.92 Å². The Morgan fingerprint density at radius 2 is 1.64 bits per heavy atom. The smallest absolute Gasteiger partial charge is 0.264 e. The van der Waals surface area contributed by atoms with Crippen LogP contribution >= 0.6 is 0 Å². The van der Waals surface area contributed by atoms with E-state index in [0.29, 0.717) is 29.3 Å². The number of ether oxygens (including phenoxy) is 1. The Morgan fingerprint density at radius 3 is 2.24 bits per heavy atom. The molecule has 0 aromatic heterocycles. The summed E-state index contributed by atoms with van der Waals surface area (Å²) >= 11 is 0. The van der Waals surface area contributed by atoms with Crippen molar-refractivity contribution in [2.24, 2.45) is 4.99 Å². The van der Waals surface area contributed by atoms with E-state index in [0.717, 1.165) is 5.56 Å². The second-order valence-electron chi connectivity index (χ2n) is 5.94. The molecule has 0 saturated heterocycles. The Hall–Kier alpha value is -2.60. The van der Waals surface area contributed by atoms with Crippen LogP contribution in [0.5, 0.6) is 5.75 Å². The molecule has 130 valence electrons. The number of methoxy groups -OCH3 is 1. The van der Waals surface area contributed by atoms with E-state index in [-0.39, 0.29) is 4.91 Å². The lowest BCUT2D eigenvalue weighted by molar-refractivity contribution is 0.415. The SMILES string of the molecule is COc1ccc(C2=C(C)C(=NCc3ccc(C)cc3)NS2(=O)=O)cc1. The predicted molar refractivity (Wildman–Crippen MR) is 100.0 cm³/mol. The van der Waals surface area contributed by atoms with Crippen LogP contribution in [-0.2, 0) is 16.6 Å². The first-order valence-corrected chi connectivity index (χ1v) is 9.37. The molecule has 5 nitrogen and oxygen atoms in total. The second kappa shape index (κ2) is 6.72. The molecular weight excluding hydrogens is 336 g/mol. The molecule has 0 fully saturated rings. The number of aliphatic imine (C=N–C) groups is 1. The van der Waals surface area contributed by atoms with Crippen molar-refractivity contribution in [3.8, 4) is 5.75 Å². The van der Waals surface area contributed by atoms with Gasteiger partial charge >= 0.3 is 0 Å². The zero-order valence-corrected chi connectivity index (χ0v) is 15.2. The number of sulfonamides is 1.